The molecule has 2 aromatic carbocycles. The van der Waals surface area contributed by atoms with Crippen molar-refractivity contribution in [3.05, 3.63) is 48.2 Å². The number of hydrogen-bond acceptors (Lipinski definition) is 6. The summed E-state index contributed by atoms with van der Waals surface area (Å²) in [6, 6.07) is 12.0. The van der Waals surface area contributed by atoms with E-state index in [0.29, 0.717) is 28.1 Å². The lowest BCUT2D eigenvalue weighted by Crippen LogP contribution is -2.01. The molecule has 25 heavy (non-hydrogen) atoms. The second-order valence-corrected chi connectivity index (χ2v) is 5.53. The summed E-state index contributed by atoms with van der Waals surface area (Å²) in [6.07, 6.45) is 1.68. The first-order chi connectivity index (χ1) is 12.1. The first kappa shape index (κ1) is 14.8. The zero-order valence-electron chi connectivity index (χ0n) is 13.2. The number of imidazole rings is 1. The molecule has 122 valence electrons. The second-order valence-electron chi connectivity index (χ2n) is 5.53. The summed E-state index contributed by atoms with van der Waals surface area (Å²) in [6.45, 7) is 0. The number of nitriles is 1. The van der Waals surface area contributed by atoms with E-state index >= 15 is 0 Å². The summed E-state index contributed by atoms with van der Waals surface area (Å²) in [4.78, 5) is 8.97. The van der Waals surface area contributed by atoms with Crippen molar-refractivity contribution in [1.82, 2.24) is 14.4 Å². The van der Waals surface area contributed by atoms with Crippen molar-refractivity contribution in [2.24, 2.45) is 0 Å². The maximum atomic E-state index is 9.81. The Morgan fingerprint density at radius 2 is 1.96 bits per heavy atom. The van der Waals surface area contributed by atoms with Gasteiger partial charge in [-0.15, -0.1) is 0 Å². The van der Waals surface area contributed by atoms with E-state index in [1.54, 1.807) is 31.4 Å². The van der Waals surface area contributed by atoms with Crippen molar-refractivity contribution in [3.63, 3.8) is 0 Å². The smallest absolute Gasteiger partial charge is 0.181 e. The molecule has 0 aliphatic heterocycles. The van der Waals surface area contributed by atoms with Gasteiger partial charge in [0, 0.05) is 12.6 Å². The summed E-state index contributed by atoms with van der Waals surface area (Å²) in [5, 5.41) is 31.5. The quantitative estimate of drug-likeness (QED) is 0.488. The molecule has 0 atom stereocenters. The van der Waals surface area contributed by atoms with Crippen LogP contribution in [-0.4, -0.2) is 31.6 Å². The van der Waals surface area contributed by atoms with Crippen molar-refractivity contribution in [3.8, 4) is 28.8 Å². The number of nitrogens with one attached hydrogen (secondary N) is 1. The van der Waals surface area contributed by atoms with E-state index in [2.05, 4.69) is 21.4 Å². The van der Waals surface area contributed by atoms with Gasteiger partial charge in [-0.2, -0.15) is 5.26 Å². The molecule has 0 unspecified atom stereocenters. The highest BCUT2D eigenvalue weighted by Gasteiger charge is 2.15. The predicted octanol–water partition coefficient (Wildman–Crippen LogP) is 2.87. The van der Waals surface area contributed by atoms with Gasteiger partial charge < -0.3 is 15.5 Å². The molecule has 2 aromatic heterocycles. The summed E-state index contributed by atoms with van der Waals surface area (Å²) in [5.41, 5.74) is 4.01. The predicted molar refractivity (Wildman–Crippen MR) is 93.5 cm³/mol. The van der Waals surface area contributed by atoms with Crippen LogP contribution in [0.15, 0.2) is 42.6 Å². The Balaban J connectivity index is 2.11. The molecule has 0 saturated carbocycles. The third-order valence-electron chi connectivity index (χ3n) is 4.06. The molecule has 2 heterocycles. The number of phenols is 2. The largest absolute Gasteiger partial charge is 0.504 e. The average Bonchev–Trinajstić information content (AvgIpc) is 3.08. The minimum Gasteiger partial charge on any atom is -0.504 e. The van der Waals surface area contributed by atoms with Crippen LogP contribution in [0.3, 0.4) is 0 Å². The molecular weight excluding hydrogens is 318 g/mol. The van der Waals surface area contributed by atoms with Gasteiger partial charge >= 0.3 is 0 Å². The molecule has 3 N–H and O–H groups in total. The molecule has 0 radical (unpaired) electrons. The monoisotopic (exact) mass is 331 g/mol. The van der Waals surface area contributed by atoms with Crippen LogP contribution in [0, 0.1) is 11.3 Å². The topological polar surface area (TPSA) is 106 Å². The summed E-state index contributed by atoms with van der Waals surface area (Å²) in [7, 11) is 1.75. The highest BCUT2D eigenvalue weighted by molar-refractivity contribution is 5.87. The Bertz CT molecular complexity index is 1170. The number of nitrogens with zero attached hydrogens (tertiary/aromatic N) is 4. The fourth-order valence-electron chi connectivity index (χ4n) is 2.86. The van der Waals surface area contributed by atoms with Crippen LogP contribution in [0.2, 0.25) is 0 Å². The molecule has 7 heteroatoms. The SMILES string of the molecule is CNc1nc2cc(C#N)ccc2n2c(-c3ccc(O)c(O)c3)cnc12. The van der Waals surface area contributed by atoms with E-state index < -0.39 is 0 Å². The van der Waals surface area contributed by atoms with Crippen molar-refractivity contribution >= 4 is 22.5 Å². The third-order valence-corrected chi connectivity index (χ3v) is 4.06. The molecule has 0 saturated heterocycles. The van der Waals surface area contributed by atoms with Crippen LogP contribution in [0.1, 0.15) is 5.56 Å². The summed E-state index contributed by atoms with van der Waals surface area (Å²) in [5.74, 6) is 0.196. The minimum absolute atomic E-state index is 0.182. The Kier molecular flexibility index (Phi) is 3.18. The zero-order chi connectivity index (χ0) is 17.6. The molecule has 0 amide bonds. The lowest BCUT2D eigenvalue weighted by molar-refractivity contribution is 0.404. The van der Waals surface area contributed by atoms with Gasteiger partial charge in [-0.25, -0.2) is 9.97 Å². The lowest BCUT2D eigenvalue weighted by atomic mass is 10.1. The van der Waals surface area contributed by atoms with Gasteiger partial charge in [0.2, 0.25) is 0 Å². The van der Waals surface area contributed by atoms with Crippen LogP contribution >= 0.6 is 0 Å². The third kappa shape index (κ3) is 2.20. The Labute approximate surface area is 142 Å². The Morgan fingerprint density at radius 3 is 2.68 bits per heavy atom. The van der Waals surface area contributed by atoms with Crippen LogP contribution in [0.25, 0.3) is 27.9 Å². The normalized spacial score (nSPS) is 10.9. The molecule has 4 rings (SSSR count). The van der Waals surface area contributed by atoms with E-state index in [0.717, 1.165) is 11.2 Å². The number of anilines is 1. The Hall–Kier alpha value is -3.79. The summed E-state index contributed by atoms with van der Waals surface area (Å²) >= 11 is 0. The maximum Gasteiger partial charge on any atom is 0.181 e. The van der Waals surface area contributed by atoms with Crippen LogP contribution in [0.4, 0.5) is 5.82 Å². The Morgan fingerprint density at radius 1 is 1.12 bits per heavy atom. The van der Waals surface area contributed by atoms with E-state index in [-0.39, 0.29) is 11.5 Å². The van der Waals surface area contributed by atoms with Crippen molar-refractivity contribution < 1.29 is 10.2 Å². The first-order valence-electron chi connectivity index (χ1n) is 7.54. The van der Waals surface area contributed by atoms with Gasteiger partial charge in [0.15, 0.2) is 23.0 Å². The van der Waals surface area contributed by atoms with Crippen molar-refractivity contribution in [1.29, 1.82) is 5.26 Å². The maximum absolute atomic E-state index is 9.81. The number of phenolic OH excluding ortho intramolecular Hbond substituents is 2. The van der Waals surface area contributed by atoms with Crippen LogP contribution in [-0.2, 0) is 0 Å². The van der Waals surface area contributed by atoms with E-state index in [1.165, 1.54) is 12.1 Å². The van der Waals surface area contributed by atoms with Crippen molar-refractivity contribution in [2.45, 2.75) is 0 Å². The van der Waals surface area contributed by atoms with Crippen LogP contribution in [0.5, 0.6) is 11.5 Å². The van der Waals surface area contributed by atoms with Gasteiger partial charge in [-0.05, 0) is 36.4 Å². The van der Waals surface area contributed by atoms with Gasteiger partial charge in [0.1, 0.15) is 0 Å². The van der Waals surface area contributed by atoms with Gasteiger partial charge in [0.05, 0.1) is 34.6 Å². The van der Waals surface area contributed by atoms with Crippen molar-refractivity contribution in [2.75, 3.05) is 12.4 Å². The minimum atomic E-state index is -0.202. The van der Waals surface area contributed by atoms with E-state index in [1.807, 2.05) is 10.5 Å². The molecule has 0 aliphatic carbocycles. The van der Waals surface area contributed by atoms with Crippen LogP contribution < -0.4 is 5.32 Å². The highest BCUT2D eigenvalue weighted by Crippen LogP contribution is 2.33. The van der Waals surface area contributed by atoms with Gasteiger partial charge in [-0.3, -0.25) is 4.40 Å². The first-order valence-corrected chi connectivity index (χ1v) is 7.54. The number of aromatic hydroxyl groups is 2. The molecule has 4 aromatic rings. The fourth-order valence-corrected chi connectivity index (χ4v) is 2.86. The zero-order valence-corrected chi connectivity index (χ0v) is 13.2. The molecule has 0 bridgehead atoms. The second kappa shape index (κ2) is 5.39. The van der Waals surface area contributed by atoms with E-state index in [4.69, 9.17) is 5.26 Å². The lowest BCUT2D eigenvalue weighted by Gasteiger charge is -2.10. The van der Waals surface area contributed by atoms with Gasteiger partial charge in [-0.1, -0.05) is 0 Å². The molecule has 0 fully saturated rings. The molecule has 0 spiro atoms. The molecule has 7 nitrogen and oxygen atoms in total. The number of benzene rings is 2. The van der Waals surface area contributed by atoms with E-state index in [9.17, 15) is 10.2 Å². The van der Waals surface area contributed by atoms with Gasteiger partial charge in [0.25, 0.3) is 0 Å². The fraction of sp³-hybridized carbons (Fsp3) is 0.0556. The summed E-state index contributed by atoms with van der Waals surface area (Å²) < 4.78 is 1.90. The molecule has 0 aliphatic rings. The standard InChI is InChI=1S/C18H13N5O2/c1-20-17-18-21-9-14(11-3-5-15(24)16(25)7-11)23(18)13-4-2-10(8-19)6-12(13)22-17/h2-7,9,24-25H,1H3,(H,20,22). The number of hydrogen-bond donors (Lipinski definition) is 3. The number of aromatic nitrogens is 3. The average molecular weight is 331 g/mol. The highest BCUT2D eigenvalue weighted by atomic mass is 16.3. The number of fused-ring (bicyclic) bond motifs is 3. The molecular formula is C18H13N5O2. The number of rotatable bonds is 2.